The summed E-state index contributed by atoms with van der Waals surface area (Å²) >= 11 is 6.40. The van der Waals surface area contributed by atoms with Crippen LogP contribution in [0.1, 0.15) is 5.69 Å². The molecule has 2 aromatic carbocycles. The van der Waals surface area contributed by atoms with Crippen molar-refractivity contribution in [2.45, 2.75) is 11.8 Å². The van der Waals surface area contributed by atoms with Crippen molar-refractivity contribution in [3.8, 4) is 16.9 Å². The molecule has 3 aromatic rings. The van der Waals surface area contributed by atoms with Gasteiger partial charge in [0.15, 0.2) is 0 Å². The van der Waals surface area contributed by atoms with Crippen LogP contribution in [0, 0.1) is 6.92 Å². The lowest BCUT2D eigenvalue weighted by molar-refractivity contribution is 0.596. The first-order valence-corrected chi connectivity index (χ1v) is 8.75. The molecule has 0 bridgehead atoms. The number of sulfonamides is 1. The summed E-state index contributed by atoms with van der Waals surface area (Å²) in [4.78, 5) is -0.00338. The lowest BCUT2D eigenvalue weighted by atomic mass is 10.1. The highest BCUT2D eigenvalue weighted by atomic mass is 35.5. The fraction of sp³-hybridized carbons (Fsp3) is 0.0625. The van der Waals surface area contributed by atoms with Crippen LogP contribution in [0.15, 0.2) is 59.5 Å². The van der Waals surface area contributed by atoms with Gasteiger partial charge < -0.3 is 0 Å². The van der Waals surface area contributed by atoms with E-state index in [2.05, 4.69) is 5.10 Å². The third-order valence-electron chi connectivity index (χ3n) is 3.43. The van der Waals surface area contributed by atoms with Crippen molar-refractivity contribution in [2.75, 3.05) is 0 Å². The monoisotopic (exact) mass is 347 g/mol. The number of hydrogen-bond donors (Lipinski definition) is 1. The molecule has 0 radical (unpaired) electrons. The molecule has 0 aliphatic rings. The van der Waals surface area contributed by atoms with Crippen LogP contribution in [-0.4, -0.2) is 18.2 Å². The summed E-state index contributed by atoms with van der Waals surface area (Å²) in [5.41, 5.74) is 2.43. The number of rotatable bonds is 3. The molecule has 0 spiro atoms. The molecule has 0 amide bonds. The van der Waals surface area contributed by atoms with E-state index in [1.807, 2.05) is 30.3 Å². The van der Waals surface area contributed by atoms with Crippen LogP contribution in [0.5, 0.6) is 0 Å². The Balaban J connectivity index is 2.34. The van der Waals surface area contributed by atoms with E-state index in [1.165, 1.54) is 10.7 Å². The van der Waals surface area contributed by atoms with Gasteiger partial charge in [-0.1, -0.05) is 54.1 Å². The summed E-state index contributed by atoms with van der Waals surface area (Å²) in [6.07, 6.45) is 0. The Morgan fingerprint density at radius 1 is 1.04 bits per heavy atom. The van der Waals surface area contributed by atoms with Crippen molar-refractivity contribution >= 4 is 21.6 Å². The van der Waals surface area contributed by atoms with E-state index in [1.54, 1.807) is 25.1 Å². The highest BCUT2D eigenvalue weighted by Crippen LogP contribution is 2.34. The summed E-state index contributed by atoms with van der Waals surface area (Å²) in [5.74, 6) is 0. The second-order valence-corrected chi connectivity index (χ2v) is 6.95. The van der Waals surface area contributed by atoms with Gasteiger partial charge >= 0.3 is 0 Å². The summed E-state index contributed by atoms with van der Waals surface area (Å²) in [6.45, 7) is 1.77. The molecule has 0 unspecified atom stereocenters. The lowest BCUT2D eigenvalue weighted by Crippen LogP contribution is -2.16. The van der Waals surface area contributed by atoms with Gasteiger partial charge in [0.25, 0.3) is 0 Å². The maximum atomic E-state index is 11.9. The molecule has 0 fully saturated rings. The molecule has 0 saturated heterocycles. The maximum absolute atomic E-state index is 11.9. The Labute approximate surface area is 139 Å². The second kappa shape index (κ2) is 5.81. The number of halogens is 1. The van der Waals surface area contributed by atoms with E-state index < -0.39 is 10.0 Å². The first-order valence-electron chi connectivity index (χ1n) is 6.82. The van der Waals surface area contributed by atoms with Gasteiger partial charge in [0, 0.05) is 5.56 Å². The fourth-order valence-electron chi connectivity index (χ4n) is 2.40. The van der Waals surface area contributed by atoms with Gasteiger partial charge in [-0.05, 0) is 19.1 Å². The second-order valence-electron chi connectivity index (χ2n) is 5.04. The van der Waals surface area contributed by atoms with E-state index in [4.69, 9.17) is 16.7 Å². The van der Waals surface area contributed by atoms with E-state index in [-0.39, 0.29) is 4.90 Å². The number of primary sulfonamides is 1. The predicted molar refractivity (Wildman–Crippen MR) is 90.1 cm³/mol. The van der Waals surface area contributed by atoms with Crippen molar-refractivity contribution in [1.82, 2.24) is 9.78 Å². The maximum Gasteiger partial charge on any atom is 0.240 e. The van der Waals surface area contributed by atoms with Crippen molar-refractivity contribution in [3.63, 3.8) is 0 Å². The Morgan fingerprint density at radius 3 is 2.30 bits per heavy atom. The van der Waals surface area contributed by atoms with Gasteiger partial charge in [0.2, 0.25) is 10.0 Å². The van der Waals surface area contributed by atoms with Gasteiger partial charge in [-0.25, -0.2) is 18.2 Å². The number of hydrogen-bond acceptors (Lipinski definition) is 3. The van der Waals surface area contributed by atoms with Gasteiger partial charge in [-0.2, -0.15) is 5.10 Å². The van der Waals surface area contributed by atoms with E-state index in [0.717, 1.165) is 5.56 Å². The highest BCUT2D eigenvalue weighted by molar-refractivity contribution is 7.89. The molecule has 1 aromatic heterocycles. The standard InChI is InChI=1S/C16H14ClN3O2S/c1-11-15(17)16(12-7-3-2-4-8-12)20(19-11)13-9-5-6-10-14(13)23(18,21)22/h2-10H,1H3,(H2,18,21,22). The molecular formula is C16H14ClN3O2S. The summed E-state index contributed by atoms with van der Waals surface area (Å²) < 4.78 is 25.3. The zero-order valence-corrected chi connectivity index (χ0v) is 13.8. The minimum atomic E-state index is -3.89. The molecule has 5 nitrogen and oxygen atoms in total. The molecule has 7 heteroatoms. The fourth-order valence-corrected chi connectivity index (χ4v) is 3.34. The third kappa shape index (κ3) is 2.88. The average Bonchev–Trinajstić information content (AvgIpc) is 2.83. The van der Waals surface area contributed by atoms with Crippen LogP contribution in [0.3, 0.4) is 0 Å². The van der Waals surface area contributed by atoms with Crippen molar-refractivity contribution in [1.29, 1.82) is 0 Å². The van der Waals surface area contributed by atoms with Crippen molar-refractivity contribution < 1.29 is 8.42 Å². The first-order chi connectivity index (χ1) is 10.9. The number of nitrogens with zero attached hydrogens (tertiary/aromatic N) is 2. The number of benzene rings is 2. The molecule has 0 saturated carbocycles. The Hall–Kier alpha value is -2.15. The summed E-state index contributed by atoms with van der Waals surface area (Å²) in [6, 6.07) is 15.9. The molecule has 0 aliphatic heterocycles. The van der Waals surface area contributed by atoms with Crippen LogP contribution in [0.4, 0.5) is 0 Å². The number of para-hydroxylation sites is 1. The van der Waals surface area contributed by atoms with Gasteiger partial charge in [-0.3, -0.25) is 0 Å². The Morgan fingerprint density at radius 2 is 1.65 bits per heavy atom. The summed E-state index contributed by atoms with van der Waals surface area (Å²) in [7, 11) is -3.89. The Bertz CT molecular complexity index is 966. The SMILES string of the molecule is Cc1nn(-c2ccccc2S(N)(=O)=O)c(-c2ccccc2)c1Cl. The van der Waals surface area contributed by atoms with Crippen LogP contribution in [-0.2, 0) is 10.0 Å². The highest BCUT2D eigenvalue weighted by Gasteiger charge is 2.21. The molecule has 0 aliphatic carbocycles. The zero-order valence-electron chi connectivity index (χ0n) is 12.3. The van der Waals surface area contributed by atoms with Gasteiger partial charge in [0.1, 0.15) is 4.90 Å². The van der Waals surface area contributed by atoms with E-state index in [0.29, 0.717) is 22.1 Å². The molecule has 23 heavy (non-hydrogen) atoms. The molecule has 2 N–H and O–H groups in total. The van der Waals surface area contributed by atoms with E-state index >= 15 is 0 Å². The minimum absolute atomic E-state index is 0.00338. The molecule has 1 heterocycles. The molecule has 118 valence electrons. The van der Waals surface area contributed by atoms with Crippen LogP contribution < -0.4 is 5.14 Å². The van der Waals surface area contributed by atoms with Gasteiger partial charge in [-0.15, -0.1) is 0 Å². The largest absolute Gasteiger partial charge is 0.240 e. The number of aromatic nitrogens is 2. The molecule has 0 atom stereocenters. The van der Waals surface area contributed by atoms with Crippen molar-refractivity contribution in [3.05, 3.63) is 65.3 Å². The van der Waals surface area contributed by atoms with Gasteiger partial charge in [0.05, 0.1) is 22.1 Å². The number of aryl methyl sites for hydroxylation is 1. The van der Waals surface area contributed by atoms with Crippen LogP contribution >= 0.6 is 11.6 Å². The smallest absolute Gasteiger partial charge is 0.230 e. The molecular weight excluding hydrogens is 334 g/mol. The number of nitrogens with two attached hydrogens (primary N) is 1. The lowest BCUT2D eigenvalue weighted by Gasteiger charge is -2.11. The van der Waals surface area contributed by atoms with Crippen LogP contribution in [0.2, 0.25) is 5.02 Å². The predicted octanol–water partition coefficient (Wildman–Crippen LogP) is 3.15. The minimum Gasteiger partial charge on any atom is -0.230 e. The van der Waals surface area contributed by atoms with E-state index in [9.17, 15) is 8.42 Å². The first kappa shape index (κ1) is 15.7. The average molecular weight is 348 g/mol. The van der Waals surface area contributed by atoms with Crippen molar-refractivity contribution in [2.24, 2.45) is 5.14 Å². The Kier molecular flexibility index (Phi) is 3.97. The zero-order chi connectivity index (χ0) is 16.6. The normalized spacial score (nSPS) is 11.6. The topological polar surface area (TPSA) is 78.0 Å². The van der Waals surface area contributed by atoms with Crippen LogP contribution in [0.25, 0.3) is 16.9 Å². The molecule has 3 rings (SSSR count). The summed E-state index contributed by atoms with van der Waals surface area (Å²) in [5, 5.41) is 10.2. The third-order valence-corrected chi connectivity index (χ3v) is 4.85. The quantitative estimate of drug-likeness (QED) is 0.790.